The maximum Gasteiger partial charge on any atom is 0.429 e. The van der Waals surface area contributed by atoms with Crippen LogP contribution in [-0.2, 0) is 9.47 Å². The number of hydrogen-bond donors (Lipinski definition) is 0. The molecule has 0 saturated heterocycles. The van der Waals surface area contributed by atoms with Gasteiger partial charge in [-0.15, -0.1) is 0 Å². The first-order valence-electron chi connectivity index (χ1n) is 9.37. The molecule has 28 heavy (non-hydrogen) atoms. The molecule has 0 fully saturated rings. The van der Waals surface area contributed by atoms with Crippen molar-refractivity contribution in [2.24, 2.45) is 0 Å². The van der Waals surface area contributed by atoms with E-state index < -0.39 is 24.3 Å². The predicted molar refractivity (Wildman–Crippen MR) is 105 cm³/mol. The molecule has 1 aliphatic rings. The first kappa shape index (κ1) is 19.5. The third-order valence-corrected chi connectivity index (χ3v) is 4.43. The summed E-state index contributed by atoms with van der Waals surface area (Å²) in [5.41, 5.74) is 1.74. The van der Waals surface area contributed by atoms with E-state index in [4.69, 9.17) is 9.47 Å². The highest BCUT2D eigenvalue weighted by Gasteiger charge is 2.41. The molecule has 2 amide bonds. The number of carbonyl (C=O) groups excluding carboxylic acids is 2. The Morgan fingerprint density at radius 3 is 1.39 bits per heavy atom. The number of benzene rings is 2. The number of hydrogen-bond acceptors (Lipinski definition) is 4. The summed E-state index contributed by atoms with van der Waals surface area (Å²) in [6.45, 7) is 3.87. The zero-order valence-electron chi connectivity index (χ0n) is 16.0. The van der Waals surface area contributed by atoms with E-state index in [-0.39, 0.29) is 13.2 Å². The summed E-state index contributed by atoms with van der Waals surface area (Å²) in [4.78, 5) is 25.8. The van der Waals surface area contributed by atoms with Gasteiger partial charge in [0.25, 0.3) is 0 Å². The zero-order chi connectivity index (χ0) is 19.9. The third kappa shape index (κ3) is 4.01. The van der Waals surface area contributed by atoms with Crippen LogP contribution < -0.4 is 0 Å². The number of amides is 2. The highest BCUT2D eigenvalue weighted by molar-refractivity contribution is 5.76. The van der Waals surface area contributed by atoms with E-state index in [0.717, 1.165) is 11.1 Å². The van der Waals surface area contributed by atoms with Crippen LogP contribution in [0.4, 0.5) is 9.59 Å². The molecule has 146 valence electrons. The maximum atomic E-state index is 12.9. The van der Waals surface area contributed by atoms with Crippen LogP contribution in [0.3, 0.4) is 0 Å². The largest absolute Gasteiger partial charge is 0.448 e. The fourth-order valence-corrected chi connectivity index (χ4v) is 3.23. The van der Waals surface area contributed by atoms with Gasteiger partial charge in [0, 0.05) is 0 Å². The van der Waals surface area contributed by atoms with Crippen molar-refractivity contribution in [3.63, 3.8) is 0 Å². The fourth-order valence-electron chi connectivity index (χ4n) is 3.23. The summed E-state index contributed by atoms with van der Waals surface area (Å²) in [6.07, 6.45) is 2.63. The minimum Gasteiger partial charge on any atom is -0.448 e. The average molecular weight is 380 g/mol. The lowest BCUT2D eigenvalue weighted by Crippen LogP contribution is -2.54. The van der Waals surface area contributed by atoms with Gasteiger partial charge in [-0.3, -0.25) is 0 Å². The Hall–Kier alpha value is -3.28. The van der Waals surface area contributed by atoms with Crippen molar-refractivity contribution in [1.82, 2.24) is 10.0 Å². The Morgan fingerprint density at radius 2 is 1.07 bits per heavy atom. The Balaban J connectivity index is 2.10. The van der Waals surface area contributed by atoms with Crippen LogP contribution in [0.25, 0.3) is 0 Å². The van der Waals surface area contributed by atoms with Crippen molar-refractivity contribution in [1.29, 1.82) is 0 Å². The Labute approximate surface area is 164 Å². The lowest BCUT2D eigenvalue weighted by atomic mass is 9.99. The van der Waals surface area contributed by atoms with Gasteiger partial charge < -0.3 is 9.47 Å². The van der Waals surface area contributed by atoms with Crippen LogP contribution in [-0.4, -0.2) is 35.4 Å². The smallest absolute Gasteiger partial charge is 0.429 e. The Bertz CT molecular complexity index is 753. The fraction of sp³-hybridized carbons (Fsp3) is 0.273. The summed E-state index contributed by atoms with van der Waals surface area (Å²) in [7, 11) is 0. The maximum absolute atomic E-state index is 12.9. The lowest BCUT2D eigenvalue weighted by molar-refractivity contribution is -0.0561. The second-order valence-electron chi connectivity index (χ2n) is 6.18. The summed E-state index contributed by atoms with van der Waals surface area (Å²) < 4.78 is 10.6. The normalized spacial score (nSPS) is 18.6. The highest BCUT2D eigenvalue weighted by atomic mass is 16.6. The molecular weight excluding hydrogens is 356 g/mol. The number of carbonyl (C=O) groups is 2. The van der Waals surface area contributed by atoms with Gasteiger partial charge in [0.1, 0.15) is 12.1 Å². The summed E-state index contributed by atoms with van der Waals surface area (Å²) in [6, 6.07) is 18.1. The second kappa shape index (κ2) is 9.08. The average Bonchev–Trinajstić information content (AvgIpc) is 2.74. The molecule has 2 aromatic carbocycles. The predicted octanol–water partition coefficient (Wildman–Crippen LogP) is 4.87. The molecule has 1 unspecified atom stereocenters. The number of ether oxygens (including phenoxy) is 2. The van der Waals surface area contributed by atoms with E-state index in [1.807, 2.05) is 72.8 Å². The van der Waals surface area contributed by atoms with E-state index >= 15 is 0 Å². The van der Waals surface area contributed by atoms with Crippen molar-refractivity contribution in [2.45, 2.75) is 25.9 Å². The van der Waals surface area contributed by atoms with Crippen LogP contribution in [0.5, 0.6) is 0 Å². The molecule has 3 rings (SSSR count). The van der Waals surface area contributed by atoms with E-state index in [0.29, 0.717) is 0 Å². The van der Waals surface area contributed by atoms with Crippen LogP contribution >= 0.6 is 0 Å². The second-order valence-corrected chi connectivity index (χ2v) is 6.18. The molecule has 0 spiro atoms. The number of rotatable bonds is 4. The number of hydrazine groups is 1. The van der Waals surface area contributed by atoms with Crippen molar-refractivity contribution < 1.29 is 19.1 Å². The molecule has 0 bridgehead atoms. The zero-order valence-corrected chi connectivity index (χ0v) is 16.0. The highest BCUT2D eigenvalue weighted by Crippen LogP contribution is 2.37. The molecule has 2 atom stereocenters. The molecule has 1 heterocycles. The molecule has 6 nitrogen and oxygen atoms in total. The van der Waals surface area contributed by atoms with Crippen molar-refractivity contribution in [2.75, 3.05) is 13.2 Å². The van der Waals surface area contributed by atoms with Crippen LogP contribution in [0, 0.1) is 0 Å². The Kier molecular flexibility index (Phi) is 6.32. The van der Waals surface area contributed by atoms with E-state index in [1.54, 1.807) is 13.8 Å². The van der Waals surface area contributed by atoms with Crippen molar-refractivity contribution in [3.8, 4) is 0 Å². The first-order chi connectivity index (χ1) is 13.7. The van der Waals surface area contributed by atoms with Gasteiger partial charge in [0.15, 0.2) is 0 Å². The van der Waals surface area contributed by atoms with Crippen LogP contribution in [0.2, 0.25) is 0 Å². The van der Waals surface area contributed by atoms with Gasteiger partial charge in [0.2, 0.25) is 0 Å². The number of nitrogens with zero attached hydrogens (tertiary/aromatic N) is 2. The first-order valence-corrected chi connectivity index (χ1v) is 9.37. The van der Waals surface area contributed by atoms with E-state index in [1.165, 1.54) is 10.0 Å². The van der Waals surface area contributed by atoms with Gasteiger partial charge >= 0.3 is 12.2 Å². The standard InChI is InChI=1S/C22H24N2O4/c1-3-27-21(25)23-19(17-11-7-5-8-12-17)15-16-20(18-13-9-6-10-14-18)24(23)22(26)28-4-2/h5-16,19-20H,3-4H2,1-2H3/t19-,20?/m1/s1. The van der Waals surface area contributed by atoms with E-state index in [9.17, 15) is 9.59 Å². The third-order valence-electron chi connectivity index (χ3n) is 4.43. The SMILES string of the molecule is CCOC(=O)N1C(c2ccccc2)C=C[C@H](c2ccccc2)N1C(=O)OCC. The topological polar surface area (TPSA) is 59.1 Å². The van der Waals surface area contributed by atoms with Gasteiger partial charge in [0.05, 0.1) is 13.2 Å². The van der Waals surface area contributed by atoms with Crippen LogP contribution in [0.15, 0.2) is 72.8 Å². The van der Waals surface area contributed by atoms with Gasteiger partial charge in [-0.25, -0.2) is 19.6 Å². The summed E-state index contributed by atoms with van der Waals surface area (Å²) >= 11 is 0. The quantitative estimate of drug-likeness (QED) is 0.710. The molecule has 1 aliphatic heterocycles. The summed E-state index contributed by atoms with van der Waals surface area (Å²) in [5, 5.41) is 2.68. The molecule has 0 aromatic heterocycles. The monoisotopic (exact) mass is 380 g/mol. The molecular formula is C22H24N2O4. The van der Waals surface area contributed by atoms with Crippen molar-refractivity contribution >= 4 is 12.2 Å². The molecule has 6 heteroatoms. The molecule has 0 saturated carbocycles. The van der Waals surface area contributed by atoms with E-state index in [2.05, 4.69) is 0 Å². The Morgan fingerprint density at radius 1 is 0.714 bits per heavy atom. The molecule has 2 aromatic rings. The molecule has 0 aliphatic carbocycles. The minimum absolute atomic E-state index is 0.202. The van der Waals surface area contributed by atoms with Crippen LogP contribution in [0.1, 0.15) is 37.1 Å². The van der Waals surface area contributed by atoms with Gasteiger partial charge in [-0.1, -0.05) is 72.8 Å². The van der Waals surface area contributed by atoms with Gasteiger partial charge in [-0.05, 0) is 25.0 Å². The molecule has 0 N–H and O–H groups in total. The lowest BCUT2D eigenvalue weighted by Gasteiger charge is -2.44. The minimum atomic E-state index is -0.602. The summed E-state index contributed by atoms with van der Waals surface area (Å²) in [5.74, 6) is 0. The van der Waals surface area contributed by atoms with Gasteiger partial charge in [-0.2, -0.15) is 0 Å². The van der Waals surface area contributed by atoms with Crippen molar-refractivity contribution in [3.05, 3.63) is 83.9 Å². The molecule has 0 radical (unpaired) electrons.